The molecule has 0 unspecified atom stereocenters. The van der Waals surface area contributed by atoms with E-state index in [1.54, 1.807) is 0 Å². The fraction of sp³-hybridized carbons (Fsp3) is 0.444. The molecule has 2 aromatic rings. The second-order valence-corrected chi connectivity index (χ2v) is 8.30. The molecule has 5 heteroatoms. The van der Waals surface area contributed by atoms with E-state index < -0.39 is 10.0 Å². The van der Waals surface area contributed by atoms with Crippen LogP contribution in [0.3, 0.4) is 0 Å². The molecule has 0 spiro atoms. The molecule has 0 aliphatic heterocycles. The van der Waals surface area contributed by atoms with E-state index in [4.69, 9.17) is 5.14 Å². The normalized spacial score (nSPS) is 12.0. The topological polar surface area (TPSA) is 60.2 Å². The van der Waals surface area contributed by atoms with Crippen molar-refractivity contribution in [2.45, 2.75) is 45.4 Å². The number of fused-ring (bicyclic) bond motifs is 1. The van der Waals surface area contributed by atoms with Crippen molar-refractivity contribution in [3.63, 3.8) is 0 Å². The molecule has 0 amide bonds. The minimum absolute atomic E-state index is 0. The Morgan fingerprint density at radius 2 is 1.57 bits per heavy atom. The van der Waals surface area contributed by atoms with Crippen molar-refractivity contribution in [2.75, 3.05) is 0 Å². The molecule has 0 atom stereocenters. The van der Waals surface area contributed by atoms with Crippen molar-refractivity contribution < 1.29 is 8.42 Å². The molecule has 2 N–H and O–H groups in total. The van der Waals surface area contributed by atoms with Gasteiger partial charge in [0.25, 0.3) is 0 Å². The first-order chi connectivity index (χ1) is 10.2. The van der Waals surface area contributed by atoms with Gasteiger partial charge in [0.05, 0.1) is 4.90 Å². The summed E-state index contributed by atoms with van der Waals surface area (Å²) in [6, 6.07) is 9.71. The zero-order valence-corrected chi connectivity index (χ0v) is 17.6. The van der Waals surface area contributed by atoms with Gasteiger partial charge in [0.15, 0.2) is 0 Å². The average molecular weight is 342 g/mol. The third kappa shape index (κ3) is 5.04. The van der Waals surface area contributed by atoms with E-state index in [0.29, 0.717) is 16.7 Å². The molecule has 2 rings (SSSR count). The predicted octanol–water partition coefficient (Wildman–Crippen LogP) is 3.50. The Morgan fingerprint density at radius 3 is 2.09 bits per heavy atom. The van der Waals surface area contributed by atoms with E-state index in [1.165, 1.54) is 0 Å². The van der Waals surface area contributed by atoms with Crippen molar-refractivity contribution in [2.24, 2.45) is 17.0 Å². The molecule has 0 aliphatic carbocycles. The minimum atomic E-state index is -3.76. The number of sulfonamides is 1. The molecule has 0 bridgehead atoms. The van der Waals surface area contributed by atoms with Crippen LogP contribution in [0.15, 0.2) is 35.2 Å². The number of benzene rings is 2. The van der Waals surface area contributed by atoms with Crippen LogP contribution in [0.4, 0.5) is 0 Å². The van der Waals surface area contributed by atoms with Gasteiger partial charge in [-0.2, -0.15) is 0 Å². The van der Waals surface area contributed by atoms with Gasteiger partial charge in [0.1, 0.15) is 0 Å². The van der Waals surface area contributed by atoms with Crippen molar-refractivity contribution in [3.8, 4) is 0 Å². The molecule has 1 radical (unpaired) electrons. The molecule has 121 valence electrons. The summed E-state index contributed by atoms with van der Waals surface area (Å²) in [7, 11) is -3.76. The Balaban J connectivity index is 0.00000264. The summed E-state index contributed by atoms with van der Waals surface area (Å²) in [5.74, 6) is 0.827. The summed E-state index contributed by atoms with van der Waals surface area (Å²) in [5, 5.41) is 7.24. The van der Waals surface area contributed by atoms with Crippen molar-refractivity contribution in [3.05, 3.63) is 41.5 Å². The van der Waals surface area contributed by atoms with Gasteiger partial charge >= 0.3 is 0 Å². The summed E-state index contributed by atoms with van der Waals surface area (Å²) in [6.07, 6.45) is 1.58. The smallest absolute Gasteiger partial charge is 0.225 e. The van der Waals surface area contributed by atoms with Gasteiger partial charge in [-0.15, -0.1) is 0 Å². The van der Waals surface area contributed by atoms with Gasteiger partial charge in [-0.05, 0) is 41.2 Å². The number of nitrogens with two attached hydrogens (primary N) is 1. The third-order valence-corrected chi connectivity index (χ3v) is 4.76. The Hall–Kier alpha value is -0.390. The maximum atomic E-state index is 12.3. The SMILES string of the molecule is CC(C)Cc1cc2ccccc2c(S(N)(=O)=O)c1CC(C)C.[Na]. The predicted molar refractivity (Wildman–Crippen MR) is 98.2 cm³/mol. The third-order valence-electron chi connectivity index (χ3n) is 3.72. The van der Waals surface area contributed by atoms with E-state index in [0.717, 1.165) is 34.7 Å². The largest absolute Gasteiger partial charge is 0.238 e. The van der Waals surface area contributed by atoms with Crippen LogP contribution in [0.1, 0.15) is 38.8 Å². The number of hydrogen-bond acceptors (Lipinski definition) is 2. The molecule has 2 aromatic carbocycles. The standard InChI is InChI=1S/C18H25NO2S.Na/c1-12(2)9-15-11-14-7-5-6-8-16(14)18(22(19,20)21)17(15)10-13(3)4;/h5-8,11-13H,9-10H2,1-4H3,(H2,19,20,21);. The summed E-state index contributed by atoms with van der Waals surface area (Å²) in [5.41, 5.74) is 2.00. The zero-order valence-electron chi connectivity index (χ0n) is 14.8. The fourth-order valence-corrected chi connectivity index (χ4v) is 4.04. The van der Waals surface area contributed by atoms with E-state index in [9.17, 15) is 8.42 Å². The van der Waals surface area contributed by atoms with E-state index >= 15 is 0 Å². The van der Waals surface area contributed by atoms with Gasteiger partial charge < -0.3 is 0 Å². The van der Waals surface area contributed by atoms with E-state index in [-0.39, 0.29) is 29.6 Å². The van der Waals surface area contributed by atoms with Crippen LogP contribution >= 0.6 is 0 Å². The van der Waals surface area contributed by atoms with Crippen molar-refractivity contribution in [1.29, 1.82) is 0 Å². The summed E-state index contributed by atoms with van der Waals surface area (Å²) >= 11 is 0. The summed E-state index contributed by atoms with van der Waals surface area (Å²) in [4.78, 5) is 0.315. The number of hydrogen-bond donors (Lipinski definition) is 1. The number of primary sulfonamides is 1. The maximum absolute atomic E-state index is 12.3. The Labute approximate surface area is 162 Å². The molecule has 23 heavy (non-hydrogen) atoms. The Kier molecular flexibility index (Phi) is 7.30. The quantitative estimate of drug-likeness (QED) is 0.845. The van der Waals surface area contributed by atoms with Crippen LogP contribution in [0, 0.1) is 11.8 Å². The molecule has 0 aromatic heterocycles. The molecule has 0 fully saturated rings. The Morgan fingerprint density at radius 1 is 1.00 bits per heavy atom. The maximum Gasteiger partial charge on any atom is 0.238 e. The monoisotopic (exact) mass is 342 g/mol. The summed E-state index contributed by atoms with van der Waals surface area (Å²) < 4.78 is 24.5. The van der Waals surface area contributed by atoms with Crippen LogP contribution in [-0.4, -0.2) is 38.0 Å². The second kappa shape index (κ2) is 8.13. The van der Waals surface area contributed by atoms with Gasteiger partial charge in [0.2, 0.25) is 10.0 Å². The number of rotatable bonds is 5. The van der Waals surface area contributed by atoms with Crippen molar-refractivity contribution >= 4 is 50.4 Å². The van der Waals surface area contributed by atoms with Crippen LogP contribution in [0.25, 0.3) is 10.8 Å². The molecule has 0 aliphatic rings. The zero-order chi connectivity index (χ0) is 16.5. The molecule has 0 heterocycles. The summed E-state index contributed by atoms with van der Waals surface area (Å²) in [6.45, 7) is 8.48. The second-order valence-electron chi connectivity index (χ2n) is 6.81. The first-order valence-electron chi connectivity index (χ1n) is 7.76. The van der Waals surface area contributed by atoms with Crippen LogP contribution < -0.4 is 5.14 Å². The minimum Gasteiger partial charge on any atom is -0.225 e. The van der Waals surface area contributed by atoms with Gasteiger partial charge in [-0.3, -0.25) is 0 Å². The van der Waals surface area contributed by atoms with Crippen LogP contribution in [0.2, 0.25) is 0 Å². The van der Waals surface area contributed by atoms with Crippen LogP contribution in [0.5, 0.6) is 0 Å². The van der Waals surface area contributed by atoms with E-state index in [2.05, 4.69) is 33.8 Å². The Bertz CT molecular complexity index is 783. The van der Waals surface area contributed by atoms with Crippen LogP contribution in [-0.2, 0) is 22.9 Å². The van der Waals surface area contributed by atoms with Gasteiger partial charge in [-0.1, -0.05) is 58.0 Å². The molecule has 0 saturated heterocycles. The molecular formula is C18H25NNaO2S. The fourth-order valence-electron chi connectivity index (χ4n) is 2.99. The molecular weight excluding hydrogens is 317 g/mol. The first kappa shape index (κ1) is 20.7. The average Bonchev–Trinajstić information content (AvgIpc) is 2.36. The van der Waals surface area contributed by atoms with Crippen molar-refractivity contribution in [1.82, 2.24) is 0 Å². The first-order valence-corrected chi connectivity index (χ1v) is 9.31. The molecule has 3 nitrogen and oxygen atoms in total. The van der Waals surface area contributed by atoms with Gasteiger partial charge in [-0.25, -0.2) is 13.6 Å². The van der Waals surface area contributed by atoms with Gasteiger partial charge in [0, 0.05) is 34.9 Å². The van der Waals surface area contributed by atoms with E-state index in [1.807, 2.05) is 24.3 Å². The molecule has 0 saturated carbocycles.